The lowest BCUT2D eigenvalue weighted by Crippen LogP contribution is -2.51. The number of amides is 1. The molecule has 1 saturated heterocycles. The van der Waals surface area contributed by atoms with Crippen LogP contribution in [0.25, 0.3) is 0 Å². The largest absolute Gasteiger partial charge is 0.358 e. The Morgan fingerprint density at radius 1 is 1.40 bits per heavy atom. The maximum absolute atomic E-state index is 12.1. The highest BCUT2D eigenvalue weighted by atomic mass is 16.2. The van der Waals surface area contributed by atoms with Crippen LogP contribution in [0.3, 0.4) is 0 Å². The molecule has 1 aliphatic rings. The number of nitrogens with two attached hydrogens (primary N) is 1. The SMILES string of the molecule is CNC(=O)C1CCCCN1C(CN)c1ccc(C)cc1. The summed E-state index contributed by atoms with van der Waals surface area (Å²) in [6, 6.07) is 8.54. The summed E-state index contributed by atoms with van der Waals surface area (Å²) < 4.78 is 0. The topological polar surface area (TPSA) is 58.4 Å². The summed E-state index contributed by atoms with van der Waals surface area (Å²) >= 11 is 0. The van der Waals surface area contributed by atoms with Crippen LogP contribution in [0.2, 0.25) is 0 Å². The first-order valence-electron chi connectivity index (χ1n) is 7.41. The Bertz CT molecular complexity index is 444. The summed E-state index contributed by atoms with van der Waals surface area (Å²) in [6.45, 7) is 3.56. The van der Waals surface area contributed by atoms with E-state index >= 15 is 0 Å². The number of benzene rings is 1. The van der Waals surface area contributed by atoms with Crippen molar-refractivity contribution in [3.8, 4) is 0 Å². The lowest BCUT2D eigenvalue weighted by atomic mass is 9.95. The Balaban J connectivity index is 2.23. The highest BCUT2D eigenvalue weighted by molar-refractivity contribution is 5.81. The third-order valence-corrected chi connectivity index (χ3v) is 4.18. The smallest absolute Gasteiger partial charge is 0.237 e. The van der Waals surface area contributed by atoms with Crippen molar-refractivity contribution < 1.29 is 4.79 Å². The fourth-order valence-corrected chi connectivity index (χ4v) is 3.03. The summed E-state index contributed by atoms with van der Waals surface area (Å²) in [5.74, 6) is 0.107. The van der Waals surface area contributed by atoms with Gasteiger partial charge in [-0.25, -0.2) is 0 Å². The molecule has 0 saturated carbocycles. The maximum atomic E-state index is 12.1. The molecule has 0 spiro atoms. The van der Waals surface area contributed by atoms with Crippen LogP contribution in [-0.2, 0) is 4.79 Å². The van der Waals surface area contributed by atoms with Gasteiger partial charge in [-0.05, 0) is 31.9 Å². The number of aryl methyl sites for hydroxylation is 1. The van der Waals surface area contributed by atoms with Crippen LogP contribution < -0.4 is 11.1 Å². The molecule has 0 aliphatic carbocycles. The monoisotopic (exact) mass is 275 g/mol. The van der Waals surface area contributed by atoms with Crippen molar-refractivity contribution in [3.63, 3.8) is 0 Å². The molecule has 110 valence electrons. The third kappa shape index (κ3) is 3.19. The molecule has 4 nitrogen and oxygen atoms in total. The van der Waals surface area contributed by atoms with Crippen molar-refractivity contribution >= 4 is 5.91 Å². The van der Waals surface area contributed by atoms with Crippen LogP contribution in [0.1, 0.15) is 36.4 Å². The van der Waals surface area contributed by atoms with E-state index in [1.807, 2.05) is 0 Å². The molecule has 0 bridgehead atoms. The van der Waals surface area contributed by atoms with Gasteiger partial charge in [0.05, 0.1) is 6.04 Å². The van der Waals surface area contributed by atoms with E-state index < -0.39 is 0 Å². The first kappa shape index (κ1) is 15.0. The number of likely N-dealkylation sites (tertiary alicyclic amines) is 1. The van der Waals surface area contributed by atoms with E-state index in [-0.39, 0.29) is 18.0 Å². The molecular weight excluding hydrogens is 250 g/mol. The molecule has 0 radical (unpaired) electrons. The zero-order valence-electron chi connectivity index (χ0n) is 12.4. The number of carbonyl (C=O) groups is 1. The van der Waals surface area contributed by atoms with Crippen LogP contribution in [-0.4, -0.2) is 37.0 Å². The average Bonchev–Trinajstić information content (AvgIpc) is 2.49. The van der Waals surface area contributed by atoms with Crippen LogP contribution in [0.5, 0.6) is 0 Å². The number of nitrogens with one attached hydrogen (secondary N) is 1. The molecule has 1 aromatic rings. The number of piperidine rings is 1. The molecule has 4 heteroatoms. The maximum Gasteiger partial charge on any atom is 0.237 e. The first-order valence-corrected chi connectivity index (χ1v) is 7.41. The average molecular weight is 275 g/mol. The first-order chi connectivity index (χ1) is 9.67. The zero-order chi connectivity index (χ0) is 14.5. The molecule has 1 amide bonds. The lowest BCUT2D eigenvalue weighted by Gasteiger charge is -2.40. The van der Waals surface area contributed by atoms with Crippen molar-refractivity contribution in [2.24, 2.45) is 5.73 Å². The van der Waals surface area contributed by atoms with Crippen molar-refractivity contribution in [3.05, 3.63) is 35.4 Å². The summed E-state index contributed by atoms with van der Waals surface area (Å²) in [5, 5.41) is 2.78. The van der Waals surface area contributed by atoms with Gasteiger partial charge in [0, 0.05) is 19.6 Å². The molecule has 2 atom stereocenters. The zero-order valence-corrected chi connectivity index (χ0v) is 12.4. The van der Waals surface area contributed by atoms with Gasteiger partial charge in [0.25, 0.3) is 0 Å². The van der Waals surface area contributed by atoms with E-state index in [9.17, 15) is 4.79 Å². The predicted molar refractivity (Wildman–Crippen MR) is 81.4 cm³/mol. The Morgan fingerprint density at radius 2 is 2.10 bits per heavy atom. The highest BCUT2D eigenvalue weighted by Crippen LogP contribution is 2.28. The van der Waals surface area contributed by atoms with Crippen LogP contribution in [0.15, 0.2) is 24.3 Å². The Hall–Kier alpha value is -1.39. The van der Waals surface area contributed by atoms with Crippen LogP contribution in [0, 0.1) is 6.92 Å². The number of hydrogen-bond donors (Lipinski definition) is 2. The normalized spacial score (nSPS) is 21.4. The fourth-order valence-electron chi connectivity index (χ4n) is 3.03. The van der Waals surface area contributed by atoms with E-state index in [0.29, 0.717) is 6.54 Å². The van der Waals surface area contributed by atoms with Gasteiger partial charge >= 0.3 is 0 Å². The van der Waals surface area contributed by atoms with Gasteiger partial charge in [0.15, 0.2) is 0 Å². The minimum absolute atomic E-state index is 0.0522. The van der Waals surface area contributed by atoms with Gasteiger partial charge in [-0.2, -0.15) is 0 Å². The van der Waals surface area contributed by atoms with Crippen molar-refractivity contribution in [2.45, 2.75) is 38.3 Å². The van der Waals surface area contributed by atoms with Gasteiger partial charge < -0.3 is 11.1 Å². The number of hydrogen-bond acceptors (Lipinski definition) is 3. The molecule has 3 N–H and O–H groups in total. The molecule has 20 heavy (non-hydrogen) atoms. The van der Waals surface area contributed by atoms with Crippen LogP contribution >= 0.6 is 0 Å². The third-order valence-electron chi connectivity index (χ3n) is 4.18. The van der Waals surface area contributed by atoms with E-state index in [4.69, 9.17) is 5.73 Å². The van der Waals surface area contributed by atoms with E-state index in [2.05, 4.69) is 41.4 Å². The van der Waals surface area contributed by atoms with Gasteiger partial charge in [-0.1, -0.05) is 36.2 Å². The summed E-state index contributed by atoms with van der Waals surface area (Å²) in [6.07, 6.45) is 3.16. The second kappa shape index (κ2) is 6.86. The van der Waals surface area contributed by atoms with Gasteiger partial charge in [0.1, 0.15) is 0 Å². The number of nitrogens with zero attached hydrogens (tertiary/aromatic N) is 1. The minimum atomic E-state index is -0.0522. The number of likely N-dealkylation sites (N-methyl/N-ethyl adjacent to an activating group) is 1. The summed E-state index contributed by atoms with van der Waals surface area (Å²) in [7, 11) is 1.71. The second-order valence-corrected chi connectivity index (χ2v) is 5.53. The molecule has 2 unspecified atom stereocenters. The molecule has 1 fully saturated rings. The van der Waals surface area contributed by atoms with Crippen molar-refractivity contribution in [2.75, 3.05) is 20.1 Å². The Kier molecular flexibility index (Phi) is 5.15. The molecule has 1 aromatic carbocycles. The van der Waals surface area contributed by atoms with E-state index in [0.717, 1.165) is 25.8 Å². The van der Waals surface area contributed by atoms with Gasteiger partial charge in [-0.3, -0.25) is 9.69 Å². The predicted octanol–water partition coefficient (Wildman–Crippen LogP) is 1.60. The quantitative estimate of drug-likeness (QED) is 0.877. The number of carbonyl (C=O) groups excluding carboxylic acids is 1. The van der Waals surface area contributed by atoms with Gasteiger partial charge in [-0.15, -0.1) is 0 Å². The Morgan fingerprint density at radius 3 is 2.70 bits per heavy atom. The van der Waals surface area contributed by atoms with E-state index in [1.54, 1.807) is 7.05 Å². The molecule has 1 aliphatic heterocycles. The lowest BCUT2D eigenvalue weighted by molar-refractivity contribution is -0.128. The standard InChI is InChI=1S/C16H25N3O/c1-12-6-8-13(9-7-12)15(11-17)19-10-4-3-5-14(19)16(20)18-2/h6-9,14-15H,3-5,10-11,17H2,1-2H3,(H,18,20). The Labute approximate surface area is 121 Å². The summed E-state index contributed by atoms with van der Waals surface area (Å²) in [5.41, 5.74) is 8.45. The second-order valence-electron chi connectivity index (χ2n) is 5.53. The van der Waals surface area contributed by atoms with Crippen molar-refractivity contribution in [1.82, 2.24) is 10.2 Å². The molecule has 1 heterocycles. The van der Waals surface area contributed by atoms with Gasteiger partial charge in [0.2, 0.25) is 5.91 Å². The fraction of sp³-hybridized carbons (Fsp3) is 0.562. The number of rotatable bonds is 4. The molecule has 2 rings (SSSR count). The van der Waals surface area contributed by atoms with Crippen LogP contribution in [0.4, 0.5) is 0 Å². The van der Waals surface area contributed by atoms with Crippen molar-refractivity contribution in [1.29, 1.82) is 0 Å². The highest BCUT2D eigenvalue weighted by Gasteiger charge is 2.33. The molecule has 0 aromatic heterocycles. The minimum Gasteiger partial charge on any atom is -0.358 e. The molecular formula is C16H25N3O. The van der Waals surface area contributed by atoms with E-state index in [1.165, 1.54) is 11.1 Å². The summed E-state index contributed by atoms with van der Waals surface area (Å²) in [4.78, 5) is 14.4.